The number of likely N-dealkylation sites (tertiary alicyclic amines) is 1. The predicted octanol–water partition coefficient (Wildman–Crippen LogP) is 3.70. The SMILES string of the molecule is Cc1cc(C2CCN(C(=O)NCC3CCCC(F)(F)C3)CC2)on1. The minimum Gasteiger partial charge on any atom is -0.361 e. The molecule has 1 atom stereocenters. The molecule has 2 aliphatic rings. The monoisotopic (exact) mass is 341 g/mol. The van der Waals surface area contributed by atoms with E-state index in [1.165, 1.54) is 0 Å². The second-order valence-electron chi connectivity index (χ2n) is 7.14. The number of hydrogen-bond acceptors (Lipinski definition) is 3. The summed E-state index contributed by atoms with van der Waals surface area (Å²) in [7, 11) is 0. The summed E-state index contributed by atoms with van der Waals surface area (Å²) >= 11 is 0. The molecule has 3 rings (SSSR count). The number of piperidine rings is 1. The summed E-state index contributed by atoms with van der Waals surface area (Å²) in [5, 5.41) is 6.75. The Balaban J connectivity index is 1.42. The highest BCUT2D eigenvalue weighted by Gasteiger charge is 2.36. The maximum atomic E-state index is 13.4. The van der Waals surface area contributed by atoms with E-state index < -0.39 is 5.92 Å². The van der Waals surface area contributed by atoms with E-state index in [0.717, 1.165) is 30.7 Å². The zero-order valence-electron chi connectivity index (χ0n) is 14.1. The number of amides is 2. The van der Waals surface area contributed by atoms with Crippen LogP contribution in [0.2, 0.25) is 0 Å². The first-order chi connectivity index (χ1) is 11.4. The highest BCUT2D eigenvalue weighted by atomic mass is 19.3. The highest BCUT2D eigenvalue weighted by molar-refractivity contribution is 5.74. The molecular formula is C17H25F2N3O2. The Morgan fingerprint density at radius 1 is 1.42 bits per heavy atom. The molecular weight excluding hydrogens is 316 g/mol. The summed E-state index contributed by atoms with van der Waals surface area (Å²) < 4.78 is 32.1. The van der Waals surface area contributed by atoms with Crippen molar-refractivity contribution in [3.8, 4) is 0 Å². The molecule has 1 aromatic rings. The van der Waals surface area contributed by atoms with Gasteiger partial charge in [-0.25, -0.2) is 13.6 Å². The summed E-state index contributed by atoms with van der Waals surface area (Å²) in [6, 6.07) is 1.81. The zero-order chi connectivity index (χ0) is 17.2. The van der Waals surface area contributed by atoms with E-state index in [2.05, 4.69) is 10.5 Å². The molecule has 134 valence electrons. The maximum Gasteiger partial charge on any atom is 0.317 e. The number of aromatic nitrogens is 1. The molecule has 5 nitrogen and oxygen atoms in total. The van der Waals surface area contributed by atoms with Gasteiger partial charge in [0.05, 0.1) is 5.69 Å². The first-order valence-corrected chi connectivity index (χ1v) is 8.77. The average molecular weight is 341 g/mol. The molecule has 1 N–H and O–H groups in total. The van der Waals surface area contributed by atoms with Crippen LogP contribution in [-0.4, -0.2) is 41.6 Å². The van der Waals surface area contributed by atoms with Gasteiger partial charge >= 0.3 is 6.03 Å². The van der Waals surface area contributed by atoms with Crippen molar-refractivity contribution in [2.75, 3.05) is 19.6 Å². The van der Waals surface area contributed by atoms with Gasteiger partial charge in [-0.05, 0) is 38.5 Å². The van der Waals surface area contributed by atoms with E-state index >= 15 is 0 Å². The molecule has 1 aliphatic carbocycles. The van der Waals surface area contributed by atoms with Crippen LogP contribution in [-0.2, 0) is 0 Å². The van der Waals surface area contributed by atoms with E-state index in [9.17, 15) is 13.6 Å². The van der Waals surface area contributed by atoms with Gasteiger partial charge in [0.1, 0.15) is 5.76 Å². The number of carbonyl (C=O) groups excluding carboxylic acids is 1. The van der Waals surface area contributed by atoms with Crippen LogP contribution in [0.4, 0.5) is 13.6 Å². The minimum absolute atomic E-state index is 0.0218. The molecule has 0 bridgehead atoms. The lowest BCUT2D eigenvalue weighted by atomic mass is 9.86. The van der Waals surface area contributed by atoms with Gasteiger partial charge in [0, 0.05) is 44.5 Å². The van der Waals surface area contributed by atoms with Crippen LogP contribution in [0.25, 0.3) is 0 Å². The fourth-order valence-electron chi connectivity index (χ4n) is 3.74. The van der Waals surface area contributed by atoms with E-state index in [1.807, 2.05) is 13.0 Å². The van der Waals surface area contributed by atoms with Gasteiger partial charge in [0.15, 0.2) is 0 Å². The van der Waals surface area contributed by atoms with Crippen LogP contribution < -0.4 is 5.32 Å². The van der Waals surface area contributed by atoms with E-state index in [0.29, 0.717) is 32.0 Å². The summed E-state index contributed by atoms with van der Waals surface area (Å²) in [6.45, 7) is 3.54. The van der Waals surface area contributed by atoms with Crippen molar-refractivity contribution in [3.63, 3.8) is 0 Å². The lowest BCUT2D eigenvalue weighted by molar-refractivity contribution is -0.0517. The average Bonchev–Trinajstić information content (AvgIpc) is 2.98. The van der Waals surface area contributed by atoms with Crippen molar-refractivity contribution in [2.24, 2.45) is 5.92 Å². The van der Waals surface area contributed by atoms with Crippen molar-refractivity contribution in [2.45, 2.75) is 57.3 Å². The Kier molecular flexibility index (Phi) is 5.06. The Morgan fingerprint density at radius 3 is 2.79 bits per heavy atom. The van der Waals surface area contributed by atoms with Crippen LogP contribution in [0.3, 0.4) is 0 Å². The van der Waals surface area contributed by atoms with Crippen LogP contribution in [0.1, 0.15) is 55.9 Å². The first kappa shape index (κ1) is 17.2. The summed E-state index contributed by atoms with van der Waals surface area (Å²) in [5.41, 5.74) is 0.870. The molecule has 0 spiro atoms. The summed E-state index contributed by atoms with van der Waals surface area (Å²) in [5.74, 6) is -1.50. The Morgan fingerprint density at radius 2 is 2.17 bits per heavy atom. The fourth-order valence-corrected chi connectivity index (χ4v) is 3.74. The Bertz CT molecular complexity index is 568. The van der Waals surface area contributed by atoms with E-state index in [1.54, 1.807) is 4.90 Å². The molecule has 1 saturated heterocycles. The molecule has 0 radical (unpaired) electrons. The number of hydrogen-bond donors (Lipinski definition) is 1. The van der Waals surface area contributed by atoms with Crippen LogP contribution in [0.15, 0.2) is 10.6 Å². The number of carbonyl (C=O) groups is 1. The molecule has 2 heterocycles. The van der Waals surface area contributed by atoms with Gasteiger partial charge in [0.2, 0.25) is 5.92 Å². The van der Waals surface area contributed by atoms with Crippen molar-refractivity contribution >= 4 is 6.03 Å². The number of halogens is 2. The molecule has 1 saturated carbocycles. The molecule has 2 amide bonds. The third-order valence-corrected chi connectivity index (χ3v) is 5.11. The van der Waals surface area contributed by atoms with Crippen molar-refractivity contribution in [1.82, 2.24) is 15.4 Å². The zero-order valence-corrected chi connectivity index (χ0v) is 14.1. The topological polar surface area (TPSA) is 58.4 Å². The van der Waals surface area contributed by atoms with Gasteiger partial charge in [0.25, 0.3) is 0 Å². The lowest BCUT2D eigenvalue weighted by Crippen LogP contribution is -2.46. The minimum atomic E-state index is -2.57. The standard InChI is InChI=1S/C17H25F2N3O2/c1-12-9-15(24-21-12)14-4-7-22(8-5-14)16(23)20-11-13-3-2-6-17(18,19)10-13/h9,13-14H,2-8,10-11H2,1H3,(H,20,23). The number of urea groups is 1. The largest absolute Gasteiger partial charge is 0.361 e. The number of aryl methyl sites for hydroxylation is 1. The number of rotatable bonds is 3. The van der Waals surface area contributed by atoms with Crippen LogP contribution >= 0.6 is 0 Å². The highest BCUT2D eigenvalue weighted by Crippen LogP contribution is 2.36. The normalized spacial score (nSPS) is 24.8. The lowest BCUT2D eigenvalue weighted by Gasteiger charge is -2.32. The number of alkyl halides is 2. The molecule has 2 fully saturated rings. The fraction of sp³-hybridized carbons (Fsp3) is 0.765. The van der Waals surface area contributed by atoms with Crippen molar-refractivity contribution in [3.05, 3.63) is 17.5 Å². The quantitative estimate of drug-likeness (QED) is 0.912. The molecule has 1 aliphatic heterocycles. The number of nitrogens with one attached hydrogen (secondary N) is 1. The second-order valence-corrected chi connectivity index (χ2v) is 7.14. The summed E-state index contributed by atoms with van der Waals surface area (Å²) in [4.78, 5) is 14.0. The van der Waals surface area contributed by atoms with Gasteiger partial charge in [-0.2, -0.15) is 0 Å². The predicted molar refractivity (Wildman–Crippen MR) is 85.1 cm³/mol. The molecule has 1 aromatic heterocycles. The second kappa shape index (κ2) is 7.07. The third-order valence-electron chi connectivity index (χ3n) is 5.11. The number of nitrogens with zero attached hydrogens (tertiary/aromatic N) is 2. The third kappa shape index (κ3) is 4.24. The molecule has 0 aromatic carbocycles. The van der Waals surface area contributed by atoms with Gasteiger partial charge in [-0.1, -0.05) is 5.16 Å². The van der Waals surface area contributed by atoms with Gasteiger partial charge in [-0.15, -0.1) is 0 Å². The van der Waals surface area contributed by atoms with E-state index in [4.69, 9.17) is 4.52 Å². The Hall–Kier alpha value is -1.66. The first-order valence-electron chi connectivity index (χ1n) is 8.77. The van der Waals surface area contributed by atoms with Gasteiger partial charge in [-0.3, -0.25) is 0 Å². The Labute approximate surface area is 140 Å². The van der Waals surface area contributed by atoms with Crippen LogP contribution in [0, 0.1) is 12.8 Å². The maximum absolute atomic E-state index is 13.4. The smallest absolute Gasteiger partial charge is 0.317 e. The molecule has 24 heavy (non-hydrogen) atoms. The van der Waals surface area contributed by atoms with Gasteiger partial charge < -0.3 is 14.7 Å². The summed E-state index contributed by atoms with van der Waals surface area (Å²) in [6.07, 6.45) is 2.84. The van der Waals surface area contributed by atoms with Crippen molar-refractivity contribution in [1.29, 1.82) is 0 Å². The van der Waals surface area contributed by atoms with Crippen molar-refractivity contribution < 1.29 is 18.1 Å². The molecule has 1 unspecified atom stereocenters. The molecule has 7 heteroatoms. The van der Waals surface area contributed by atoms with Crippen LogP contribution in [0.5, 0.6) is 0 Å². The van der Waals surface area contributed by atoms with E-state index in [-0.39, 0.29) is 24.8 Å².